The molecule has 2 atom stereocenters. The number of piperidine rings is 1. The molecule has 1 N–H and O–H groups in total. The normalized spacial score (nSPS) is 35.4. The van der Waals surface area contributed by atoms with Gasteiger partial charge in [0.1, 0.15) is 0 Å². The summed E-state index contributed by atoms with van der Waals surface area (Å²) in [6.07, 6.45) is 0.955. The molecule has 0 saturated carbocycles. The number of nitrogens with zero attached hydrogens (tertiary/aromatic N) is 1. The number of rotatable bonds is 1. The highest BCUT2D eigenvalue weighted by molar-refractivity contribution is 5.26. The largest absolute Gasteiger partial charge is 0.385 e. The van der Waals surface area contributed by atoms with Crippen molar-refractivity contribution in [3.63, 3.8) is 0 Å². The molecule has 0 radical (unpaired) electrons. The predicted octanol–water partition coefficient (Wildman–Crippen LogP) is 1.65. The fraction of sp³-hybridized carbons (Fsp3) is 0.571. The van der Waals surface area contributed by atoms with E-state index in [9.17, 15) is 13.9 Å². The van der Waals surface area contributed by atoms with Crippen LogP contribution >= 0.6 is 0 Å². The molecular formula is C14H17F2NO2. The van der Waals surface area contributed by atoms with Crippen LogP contribution in [0.15, 0.2) is 18.2 Å². The Balaban J connectivity index is 1.92. The van der Waals surface area contributed by atoms with Crippen LogP contribution in [0.1, 0.15) is 18.4 Å². The number of halogens is 2. The topological polar surface area (TPSA) is 32.7 Å². The maximum absolute atomic E-state index is 13.3. The number of likely N-dealkylation sites (N-methyl/N-ethyl adjacent to an activating group) is 1. The van der Waals surface area contributed by atoms with E-state index in [1.807, 2.05) is 7.05 Å². The standard InChI is InChI=1S/C14H17F2NO2/c1-17-10-5-14(18,6-11(17)8-19-7-10)9-2-3-12(15)13(16)4-9/h2-4,10-11,18H,5-8H2,1H3. The fourth-order valence-electron chi connectivity index (χ4n) is 3.16. The summed E-state index contributed by atoms with van der Waals surface area (Å²) in [5.41, 5.74) is -0.642. The van der Waals surface area contributed by atoms with E-state index in [1.165, 1.54) is 6.07 Å². The molecule has 5 heteroatoms. The SMILES string of the molecule is CN1C2COCC1CC(O)(c1ccc(F)c(F)c1)C2. The molecule has 0 aliphatic carbocycles. The summed E-state index contributed by atoms with van der Waals surface area (Å²) in [5.74, 6) is -1.80. The molecule has 2 bridgehead atoms. The predicted molar refractivity (Wildman–Crippen MR) is 65.6 cm³/mol. The summed E-state index contributed by atoms with van der Waals surface area (Å²) < 4.78 is 31.8. The summed E-state index contributed by atoms with van der Waals surface area (Å²) in [4.78, 5) is 2.21. The van der Waals surface area contributed by atoms with Gasteiger partial charge in [0.2, 0.25) is 0 Å². The van der Waals surface area contributed by atoms with Gasteiger partial charge in [0, 0.05) is 12.1 Å². The Bertz CT molecular complexity index is 480. The summed E-state index contributed by atoms with van der Waals surface area (Å²) in [5, 5.41) is 10.8. The van der Waals surface area contributed by atoms with Gasteiger partial charge in [-0.15, -0.1) is 0 Å². The lowest BCUT2D eigenvalue weighted by Gasteiger charge is -2.50. The van der Waals surface area contributed by atoms with Crippen molar-refractivity contribution >= 4 is 0 Å². The Kier molecular flexibility index (Phi) is 3.08. The van der Waals surface area contributed by atoms with Gasteiger partial charge in [0.25, 0.3) is 0 Å². The van der Waals surface area contributed by atoms with Gasteiger partial charge in [0.05, 0.1) is 18.8 Å². The molecule has 104 valence electrons. The van der Waals surface area contributed by atoms with Crippen LogP contribution in [0.25, 0.3) is 0 Å². The highest BCUT2D eigenvalue weighted by atomic mass is 19.2. The van der Waals surface area contributed by atoms with Crippen LogP contribution in [0.4, 0.5) is 8.78 Å². The summed E-state index contributed by atoms with van der Waals surface area (Å²) in [7, 11) is 2.02. The van der Waals surface area contributed by atoms with Gasteiger partial charge >= 0.3 is 0 Å². The first-order chi connectivity index (χ1) is 8.99. The fourth-order valence-corrected chi connectivity index (χ4v) is 3.16. The van der Waals surface area contributed by atoms with Crippen molar-refractivity contribution in [2.24, 2.45) is 0 Å². The monoisotopic (exact) mass is 269 g/mol. The molecule has 2 fully saturated rings. The van der Waals surface area contributed by atoms with Crippen molar-refractivity contribution in [2.45, 2.75) is 30.5 Å². The highest BCUT2D eigenvalue weighted by Crippen LogP contribution is 2.40. The molecular weight excluding hydrogens is 252 g/mol. The number of aliphatic hydroxyl groups is 1. The van der Waals surface area contributed by atoms with Crippen molar-refractivity contribution in [1.29, 1.82) is 0 Å². The van der Waals surface area contributed by atoms with E-state index in [0.29, 0.717) is 31.6 Å². The smallest absolute Gasteiger partial charge is 0.159 e. The van der Waals surface area contributed by atoms with Gasteiger partial charge in [-0.25, -0.2) is 8.78 Å². The van der Waals surface area contributed by atoms with Gasteiger partial charge in [-0.3, -0.25) is 4.90 Å². The number of fused-ring (bicyclic) bond motifs is 2. The second-order valence-corrected chi connectivity index (χ2v) is 5.58. The average Bonchev–Trinajstić information content (AvgIpc) is 2.35. The lowest BCUT2D eigenvalue weighted by molar-refractivity contribution is -0.137. The van der Waals surface area contributed by atoms with Gasteiger partial charge in [-0.1, -0.05) is 6.07 Å². The molecule has 0 aromatic heterocycles. The Morgan fingerprint density at radius 2 is 1.84 bits per heavy atom. The second-order valence-electron chi connectivity index (χ2n) is 5.58. The zero-order chi connectivity index (χ0) is 13.6. The maximum atomic E-state index is 13.3. The molecule has 3 rings (SSSR count). The summed E-state index contributed by atoms with van der Waals surface area (Å²) >= 11 is 0. The molecule has 2 heterocycles. The molecule has 1 aromatic rings. The molecule has 3 nitrogen and oxygen atoms in total. The van der Waals surface area contributed by atoms with Crippen LogP contribution in [0.2, 0.25) is 0 Å². The molecule has 2 saturated heterocycles. The third kappa shape index (κ3) is 2.16. The van der Waals surface area contributed by atoms with E-state index in [1.54, 1.807) is 0 Å². The maximum Gasteiger partial charge on any atom is 0.159 e. The van der Waals surface area contributed by atoms with Crippen molar-refractivity contribution in [3.8, 4) is 0 Å². The Morgan fingerprint density at radius 3 is 2.42 bits per heavy atom. The molecule has 2 aliphatic rings. The Hall–Kier alpha value is -1.04. The zero-order valence-corrected chi connectivity index (χ0v) is 10.8. The van der Waals surface area contributed by atoms with E-state index in [0.717, 1.165) is 12.1 Å². The number of hydrogen-bond donors (Lipinski definition) is 1. The number of morpholine rings is 1. The molecule has 2 aliphatic heterocycles. The van der Waals surface area contributed by atoms with E-state index in [-0.39, 0.29) is 12.1 Å². The zero-order valence-electron chi connectivity index (χ0n) is 10.8. The highest BCUT2D eigenvalue weighted by Gasteiger charge is 2.45. The Morgan fingerprint density at radius 1 is 1.21 bits per heavy atom. The molecule has 1 aromatic carbocycles. The van der Waals surface area contributed by atoms with Gasteiger partial charge in [0.15, 0.2) is 11.6 Å². The Labute approximate surface area is 110 Å². The molecule has 2 unspecified atom stereocenters. The first-order valence-electron chi connectivity index (χ1n) is 6.47. The first kappa shape index (κ1) is 13.0. The van der Waals surface area contributed by atoms with Gasteiger partial charge in [-0.05, 0) is 37.6 Å². The molecule has 19 heavy (non-hydrogen) atoms. The van der Waals surface area contributed by atoms with E-state index < -0.39 is 17.2 Å². The number of hydrogen-bond acceptors (Lipinski definition) is 3. The van der Waals surface area contributed by atoms with Crippen molar-refractivity contribution in [1.82, 2.24) is 4.90 Å². The summed E-state index contributed by atoms with van der Waals surface area (Å²) in [6, 6.07) is 3.89. The average molecular weight is 269 g/mol. The number of benzene rings is 1. The van der Waals surface area contributed by atoms with Crippen molar-refractivity contribution < 1.29 is 18.6 Å². The number of ether oxygens (including phenoxy) is 1. The van der Waals surface area contributed by atoms with Crippen molar-refractivity contribution in [3.05, 3.63) is 35.4 Å². The molecule has 0 spiro atoms. The van der Waals surface area contributed by atoms with Gasteiger partial charge in [-0.2, -0.15) is 0 Å². The van der Waals surface area contributed by atoms with Crippen LogP contribution < -0.4 is 0 Å². The minimum atomic E-state index is -1.10. The van der Waals surface area contributed by atoms with E-state index >= 15 is 0 Å². The third-order valence-electron chi connectivity index (χ3n) is 4.38. The van der Waals surface area contributed by atoms with Gasteiger partial charge < -0.3 is 9.84 Å². The lowest BCUT2D eigenvalue weighted by atomic mass is 9.77. The van der Waals surface area contributed by atoms with E-state index in [2.05, 4.69) is 4.90 Å². The van der Waals surface area contributed by atoms with Crippen LogP contribution in [-0.4, -0.2) is 42.4 Å². The molecule has 0 amide bonds. The van der Waals surface area contributed by atoms with Crippen LogP contribution in [-0.2, 0) is 10.3 Å². The third-order valence-corrected chi connectivity index (χ3v) is 4.38. The van der Waals surface area contributed by atoms with Crippen LogP contribution in [0.5, 0.6) is 0 Å². The minimum Gasteiger partial charge on any atom is -0.385 e. The first-order valence-corrected chi connectivity index (χ1v) is 6.47. The van der Waals surface area contributed by atoms with Crippen LogP contribution in [0, 0.1) is 11.6 Å². The van der Waals surface area contributed by atoms with Crippen molar-refractivity contribution in [2.75, 3.05) is 20.3 Å². The summed E-state index contributed by atoms with van der Waals surface area (Å²) in [6.45, 7) is 1.14. The van der Waals surface area contributed by atoms with E-state index in [4.69, 9.17) is 4.74 Å². The lowest BCUT2D eigenvalue weighted by Crippen LogP contribution is -2.59. The van der Waals surface area contributed by atoms with Crippen LogP contribution in [0.3, 0.4) is 0 Å². The second kappa shape index (κ2) is 4.51. The minimum absolute atomic E-state index is 0.116. The quantitative estimate of drug-likeness (QED) is 0.841.